The van der Waals surface area contributed by atoms with Crippen LogP contribution in [-0.4, -0.2) is 32.9 Å². The molecule has 1 heterocycles. The first kappa shape index (κ1) is 14.0. The number of ether oxygens (including phenoxy) is 1. The fourth-order valence-electron chi connectivity index (χ4n) is 2.26. The van der Waals surface area contributed by atoms with E-state index >= 15 is 0 Å². The molecule has 1 aliphatic carbocycles. The lowest BCUT2D eigenvalue weighted by molar-refractivity contribution is 0.296. The highest BCUT2D eigenvalue weighted by Gasteiger charge is 2.25. The van der Waals surface area contributed by atoms with Crippen molar-refractivity contribution in [3.8, 4) is 5.75 Å². The normalized spacial score (nSPS) is 14.2. The third-order valence-electron chi connectivity index (χ3n) is 3.57. The molecule has 6 nitrogen and oxygen atoms in total. The van der Waals surface area contributed by atoms with Crippen LogP contribution in [0, 0.1) is 0 Å². The van der Waals surface area contributed by atoms with E-state index in [0.717, 1.165) is 12.8 Å². The molecule has 1 saturated carbocycles. The van der Waals surface area contributed by atoms with Crippen LogP contribution in [0.25, 0.3) is 0 Å². The van der Waals surface area contributed by atoms with Crippen LogP contribution in [0.3, 0.4) is 0 Å². The van der Waals surface area contributed by atoms with Gasteiger partial charge in [-0.15, -0.1) is 0 Å². The lowest BCUT2D eigenvalue weighted by Crippen LogP contribution is -2.29. The van der Waals surface area contributed by atoms with Gasteiger partial charge < -0.3 is 14.8 Å². The molecule has 2 N–H and O–H groups in total. The highest BCUT2D eigenvalue weighted by atomic mass is 16.5. The van der Waals surface area contributed by atoms with E-state index in [2.05, 4.69) is 0 Å². The Labute approximate surface area is 122 Å². The van der Waals surface area contributed by atoms with Crippen molar-refractivity contribution < 1.29 is 14.8 Å². The number of hydrogen-bond acceptors (Lipinski definition) is 4. The maximum Gasteiger partial charge on any atom is 0.488 e. The summed E-state index contributed by atoms with van der Waals surface area (Å²) in [6.07, 6.45) is 5.76. The molecule has 110 valence electrons. The molecule has 1 aromatic heterocycles. The summed E-state index contributed by atoms with van der Waals surface area (Å²) in [7, 11) is -1.51. The number of nitrogens with zero attached hydrogens (tertiary/aromatic N) is 2. The van der Waals surface area contributed by atoms with Gasteiger partial charge in [0.25, 0.3) is 0 Å². The van der Waals surface area contributed by atoms with Crippen LogP contribution in [-0.2, 0) is 6.54 Å². The maximum atomic E-state index is 12.0. The van der Waals surface area contributed by atoms with Crippen molar-refractivity contribution in [2.75, 3.05) is 6.61 Å². The summed E-state index contributed by atoms with van der Waals surface area (Å²) in [5.74, 6) is 0.551. The minimum atomic E-state index is -1.51. The van der Waals surface area contributed by atoms with E-state index in [1.165, 1.54) is 0 Å². The fraction of sp³-hybridized carbons (Fsp3) is 0.357. The van der Waals surface area contributed by atoms with Gasteiger partial charge in [0.2, 0.25) is 0 Å². The van der Waals surface area contributed by atoms with Gasteiger partial charge in [-0.2, -0.15) is 0 Å². The molecule has 2 aromatic rings. The Bertz CT molecular complexity index is 676. The van der Waals surface area contributed by atoms with Gasteiger partial charge in [-0.25, -0.2) is 4.79 Å². The van der Waals surface area contributed by atoms with E-state index in [-0.39, 0.29) is 5.69 Å². The molecule has 7 heteroatoms. The monoisotopic (exact) mass is 288 g/mol. The second kappa shape index (κ2) is 5.79. The summed E-state index contributed by atoms with van der Waals surface area (Å²) in [5, 5.41) is 18.2. The molecule has 0 unspecified atom stereocenters. The van der Waals surface area contributed by atoms with Gasteiger partial charge in [0, 0.05) is 18.4 Å². The predicted octanol–water partition coefficient (Wildman–Crippen LogP) is -0.257. The molecule has 21 heavy (non-hydrogen) atoms. The van der Waals surface area contributed by atoms with Gasteiger partial charge >= 0.3 is 12.8 Å². The first-order valence-corrected chi connectivity index (χ1v) is 7.01. The Morgan fingerprint density at radius 3 is 2.81 bits per heavy atom. The van der Waals surface area contributed by atoms with Gasteiger partial charge in [-0.1, -0.05) is 12.1 Å². The molecule has 3 rings (SSSR count). The van der Waals surface area contributed by atoms with Crippen molar-refractivity contribution in [1.29, 1.82) is 0 Å². The Balaban J connectivity index is 1.58. The minimum Gasteiger partial charge on any atom is -0.492 e. The summed E-state index contributed by atoms with van der Waals surface area (Å²) in [5.41, 5.74) is 0.380. The summed E-state index contributed by atoms with van der Waals surface area (Å²) in [6.45, 7) is 0.810. The summed E-state index contributed by atoms with van der Waals surface area (Å²) in [4.78, 5) is 12.0. The van der Waals surface area contributed by atoms with E-state index in [4.69, 9.17) is 14.8 Å². The zero-order valence-electron chi connectivity index (χ0n) is 11.6. The molecular formula is C14H17BN2O4. The van der Waals surface area contributed by atoms with E-state index in [1.807, 2.05) is 6.20 Å². The zero-order valence-corrected chi connectivity index (χ0v) is 11.6. The van der Waals surface area contributed by atoms with Crippen LogP contribution in [0.1, 0.15) is 18.9 Å². The SMILES string of the molecule is O=c1n(CCOc2cccc(B(O)O)c2)ccn1C1CC1. The minimum absolute atomic E-state index is 0.000584. The smallest absolute Gasteiger partial charge is 0.488 e. The highest BCUT2D eigenvalue weighted by Crippen LogP contribution is 2.33. The average Bonchev–Trinajstić information content (AvgIpc) is 3.25. The molecule has 0 spiro atoms. The molecule has 0 atom stereocenters. The van der Waals surface area contributed by atoms with Crippen molar-refractivity contribution in [3.63, 3.8) is 0 Å². The molecular weight excluding hydrogens is 271 g/mol. The predicted molar refractivity (Wildman–Crippen MR) is 78.7 cm³/mol. The molecule has 0 aliphatic heterocycles. The van der Waals surface area contributed by atoms with Crippen LogP contribution in [0.2, 0.25) is 0 Å². The van der Waals surface area contributed by atoms with Crippen LogP contribution in [0.5, 0.6) is 5.75 Å². The van der Waals surface area contributed by atoms with Crippen LogP contribution in [0.15, 0.2) is 41.5 Å². The van der Waals surface area contributed by atoms with Crippen LogP contribution < -0.4 is 15.9 Å². The number of benzene rings is 1. The summed E-state index contributed by atoms with van der Waals surface area (Å²) < 4.78 is 8.94. The second-order valence-corrected chi connectivity index (χ2v) is 5.21. The van der Waals surface area contributed by atoms with Crippen LogP contribution in [0.4, 0.5) is 0 Å². The Morgan fingerprint density at radius 1 is 1.29 bits per heavy atom. The Hall–Kier alpha value is -1.99. The van der Waals surface area contributed by atoms with Gasteiger partial charge in [-0.3, -0.25) is 9.13 Å². The topological polar surface area (TPSA) is 76.6 Å². The van der Waals surface area contributed by atoms with Gasteiger partial charge in [0.05, 0.1) is 6.54 Å². The Kier molecular flexibility index (Phi) is 3.85. The molecule has 1 fully saturated rings. The highest BCUT2D eigenvalue weighted by molar-refractivity contribution is 6.58. The molecule has 1 aliphatic rings. The van der Waals surface area contributed by atoms with E-state index in [0.29, 0.717) is 30.4 Å². The maximum absolute atomic E-state index is 12.0. The summed E-state index contributed by atoms with van der Waals surface area (Å²) in [6, 6.07) is 6.99. The zero-order chi connectivity index (χ0) is 14.8. The summed E-state index contributed by atoms with van der Waals surface area (Å²) >= 11 is 0. The molecule has 0 bridgehead atoms. The number of hydrogen-bond donors (Lipinski definition) is 2. The van der Waals surface area contributed by atoms with E-state index in [9.17, 15) is 4.79 Å². The largest absolute Gasteiger partial charge is 0.492 e. The van der Waals surface area contributed by atoms with Gasteiger partial charge in [0.1, 0.15) is 12.4 Å². The second-order valence-electron chi connectivity index (χ2n) is 5.21. The van der Waals surface area contributed by atoms with Crippen molar-refractivity contribution in [2.45, 2.75) is 25.4 Å². The lowest BCUT2D eigenvalue weighted by Gasteiger charge is -2.08. The van der Waals surface area contributed by atoms with E-state index < -0.39 is 7.12 Å². The van der Waals surface area contributed by atoms with Gasteiger partial charge in [-0.05, 0) is 30.4 Å². The first-order chi connectivity index (χ1) is 10.1. The van der Waals surface area contributed by atoms with Gasteiger partial charge in [0.15, 0.2) is 0 Å². The van der Waals surface area contributed by atoms with Crippen molar-refractivity contribution in [3.05, 3.63) is 47.1 Å². The first-order valence-electron chi connectivity index (χ1n) is 7.01. The number of imidazole rings is 1. The standard InChI is InChI=1S/C14H17BN2O4/c18-14-16(6-7-17(14)12-4-5-12)8-9-21-13-3-1-2-11(10-13)15(19)20/h1-3,6-7,10,12,19-20H,4-5,8-9H2. The molecule has 0 radical (unpaired) electrons. The quantitative estimate of drug-likeness (QED) is 0.718. The number of rotatable bonds is 6. The van der Waals surface area contributed by atoms with Crippen molar-refractivity contribution in [1.82, 2.24) is 9.13 Å². The Morgan fingerprint density at radius 2 is 2.10 bits per heavy atom. The number of aromatic nitrogens is 2. The third-order valence-corrected chi connectivity index (χ3v) is 3.57. The van der Waals surface area contributed by atoms with Crippen molar-refractivity contribution >= 4 is 12.6 Å². The lowest BCUT2D eigenvalue weighted by atomic mass is 9.80. The van der Waals surface area contributed by atoms with Crippen LogP contribution >= 0.6 is 0 Å². The fourth-order valence-corrected chi connectivity index (χ4v) is 2.26. The van der Waals surface area contributed by atoms with E-state index in [1.54, 1.807) is 39.6 Å². The average molecular weight is 288 g/mol. The van der Waals surface area contributed by atoms with Crippen molar-refractivity contribution in [2.24, 2.45) is 0 Å². The molecule has 0 amide bonds. The molecule has 0 saturated heterocycles. The molecule has 1 aromatic carbocycles. The third kappa shape index (κ3) is 3.20.